The fraction of sp³-hybridized carbons (Fsp3) is 0.909. The number of nitrogens with one attached hydrogen (secondary N) is 2. The molecule has 2 atom stereocenters. The van der Waals surface area contributed by atoms with Crippen molar-refractivity contribution in [3.63, 3.8) is 0 Å². The summed E-state index contributed by atoms with van der Waals surface area (Å²) in [7, 11) is 0. The van der Waals surface area contributed by atoms with E-state index < -0.39 is 0 Å². The van der Waals surface area contributed by atoms with E-state index in [4.69, 9.17) is 5.11 Å². The quantitative estimate of drug-likeness (QED) is 0.556. The Kier molecular flexibility index (Phi) is 5.65. The maximum absolute atomic E-state index is 11.7. The number of amides is 1. The van der Waals surface area contributed by atoms with Gasteiger partial charge in [0, 0.05) is 19.2 Å². The van der Waals surface area contributed by atoms with Crippen molar-refractivity contribution in [2.75, 3.05) is 19.7 Å². The van der Waals surface area contributed by atoms with Gasteiger partial charge in [-0.25, -0.2) is 0 Å². The number of carbonyl (C=O) groups excluding carboxylic acids is 1. The molecule has 1 saturated heterocycles. The Hall–Kier alpha value is -0.610. The third kappa shape index (κ3) is 4.18. The summed E-state index contributed by atoms with van der Waals surface area (Å²) in [6.45, 7) is 3.99. The maximum atomic E-state index is 11.7. The second kappa shape index (κ2) is 6.80. The fourth-order valence-corrected chi connectivity index (χ4v) is 1.97. The van der Waals surface area contributed by atoms with Crippen molar-refractivity contribution < 1.29 is 9.90 Å². The molecule has 0 aromatic carbocycles. The molecule has 0 aromatic rings. The van der Waals surface area contributed by atoms with Gasteiger partial charge in [0.2, 0.25) is 5.91 Å². The van der Waals surface area contributed by atoms with Crippen molar-refractivity contribution >= 4 is 5.91 Å². The molecule has 1 aliphatic rings. The van der Waals surface area contributed by atoms with Gasteiger partial charge in [-0.3, -0.25) is 4.79 Å². The van der Waals surface area contributed by atoms with Gasteiger partial charge in [-0.15, -0.1) is 0 Å². The first-order valence-corrected chi connectivity index (χ1v) is 5.87. The summed E-state index contributed by atoms with van der Waals surface area (Å²) in [4.78, 5) is 11.7. The topological polar surface area (TPSA) is 61.4 Å². The molecule has 4 heteroatoms. The van der Waals surface area contributed by atoms with E-state index in [9.17, 15) is 4.79 Å². The van der Waals surface area contributed by atoms with Gasteiger partial charge in [0.05, 0.1) is 5.92 Å². The SMILES string of the molecule is CC1NCCC1C(=O)NCCCCCO. The number of hydrogen-bond donors (Lipinski definition) is 3. The predicted octanol–water partition coefficient (Wildman–Crippen LogP) is 0.263. The van der Waals surface area contributed by atoms with E-state index in [1.807, 2.05) is 0 Å². The molecule has 1 aliphatic heterocycles. The Bertz CT molecular complexity index is 197. The molecule has 0 radical (unpaired) electrons. The molecule has 15 heavy (non-hydrogen) atoms. The number of aliphatic hydroxyl groups excluding tert-OH is 1. The first kappa shape index (κ1) is 12.5. The van der Waals surface area contributed by atoms with Crippen LogP contribution in [0.4, 0.5) is 0 Å². The number of carbonyl (C=O) groups is 1. The van der Waals surface area contributed by atoms with Crippen LogP contribution in [0.1, 0.15) is 32.6 Å². The molecule has 0 aromatic heterocycles. The van der Waals surface area contributed by atoms with E-state index in [0.717, 1.165) is 38.8 Å². The molecule has 3 N–H and O–H groups in total. The number of aliphatic hydroxyl groups is 1. The van der Waals surface area contributed by atoms with Crippen LogP contribution in [0, 0.1) is 5.92 Å². The lowest BCUT2D eigenvalue weighted by Crippen LogP contribution is -2.37. The van der Waals surface area contributed by atoms with E-state index in [1.165, 1.54) is 0 Å². The van der Waals surface area contributed by atoms with Crippen LogP contribution in [0.2, 0.25) is 0 Å². The van der Waals surface area contributed by atoms with Crippen molar-refractivity contribution in [2.45, 2.75) is 38.6 Å². The van der Waals surface area contributed by atoms with Gasteiger partial charge in [-0.05, 0) is 39.2 Å². The molecular weight excluding hydrogens is 192 g/mol. The smallest absolute Gasteiger partial charge is 0.224 e. The van der Waals surface area contributed by atoms with Gasteiger partial charge in [-0.2, -0.15) is 0 Å². The van der Waals surface area contributed by atoms with Crippen molar-refractivity contribution in [3.05, 3.63) is 0 Å². The summed E-state index contributed by atoms with van der Waals surface area (Å²) in [6, 6.07) is 0.308. The van der Waals surface area contributed by atoms with Gasteiger partial charge in [0.25, 0.3) is 0 Å². The minimum Gasteiger partial charge on any atom is -0.396 e. The zero-order chi connectivity index (χ0) is 11.1. The van der Waals surface area contributed by atoms with Crippen LogP contribution >= 0.6 is 0 Å². The number of unbranched alkanes of at least 4 members (excludes halogenated alkanes) is 2. The van der Waals surface area contributed by atoms with Crippen LogP contribution in [0.5, 0.6) is 0 Å². The lowest BCUT2D eigenvalue weighted by molar-refractivity contribution is -0.125. The average Bonchev–Trinajstić information content (AvgIpc) is 2.64. The Morgan fingerprint density at radius 2 is 2.27 bits per heavy atom. The van der Waals surface area contributed by atoms with Crippen LogP contribution < -0.4 is 10.6 Å². The molecule has 1 heterocycles. The second-order valence-electron chi connectivity index (χ2n) is 4.21. The molecule has 0 saturated carbocycles. The van der Waals surface area contributed by atoms with Crippen LogP contribution in [-0.4, -0.2) is 36.8 Å². The molecule has 2 unspecified atom stereocenters. The summed E-state index contributed by atoms with van der Waals surface area (Å²) < 4.78 is 0. The van der Waals surface area contributed by atoms with Gasteiger partial charge in [0.15, 0.2) is 0 Å². The molecule has 1 amide bonds. The average molecular weight is 214 g/mol. The minimum absolute atomic E-state index is 0.142. The normalized spacial score (nSPS) is 25.5. The third-order valence-electron chi connectivity index (χ3n) is 3.00. The van der Waals surface area contributed by atoms with Crippen molar-refractivity contribution in [2.24, 2.45) is 5.92 Å². The van der Waals surface area contributed by atoms with Crippen molar-refractivity contribution in [1.29, 1.82) is 0 Å². The van der Waals surface area contributed by atoms with E-state index >= 15 is 0 Å². The van der Waals surface area contributed by atoms with E-state index in [2.05, 4.69) is 17.6 Å². The second-order valence-corrected chi connectivity index (χ2v) is 4.21. The molecule has 4 nitrogen and oxygen atoms in total. The Morgan fingerprint density at radius 3 is 2.87 bits per heavy atom. The van der Waals surface area contributed by atoms with Crippen LogP contribution in [0.3, 0.4) is 0 Å². The molecule has 0 bridgehead atoms. The van der Waals surface area contributed by atoms with Crippen LogP contribution in [0.15, 0.2) is 0 Å². The monoisotopic (exact) mass is 214 g/mol. The standard InChI is InChI=1S/C11H22N2O2/c1-9-10(5-7-12-9)11(15)13-6-3-2-4-8-14/h9-10,12,14H,2-8H2,1H3,(H,13,15). The summed E-state index contributed by atoms with van der Waals surface area (Å²) in [6.07, 6.45) is 3.72. The van der Waals surface area contributed by atoms with E-state index in [1.54, 1.807) is 0 Å². The minimum atomic E-state index is 0.142. The third-order valence-corrected chi connectivity index (χ3v) is 3.00. The predicted molar refractivity (Wildman–Crippen MR) is 59.5 cm³/mol. The highest BCUT2D eigenvalue weighted by molar-refractivity contribution is 5.79. The van der Waals surface area contributed by atoms with Crippen molar-refractivity contribution in [3.8, 4) is 0 Å². The highest BCUT2D eigenvalue weighted by atomic mass is 16.2. The number of rotatable bonds is 6. The molecule has 1 fully saturated rings. The largest absolute Gasteiger partial charge is 0.396 e. The summed E-state index contributed by atoms with van der Waals surface area (Å²) in [5, 5.41) is 14.8. The van der Waals surface area contributed by atoms with Gasteiger partial charge in [0.1, 0.15) is 0 Å². The highest BCUT2D eigenvalue weighted by Gasteiger charge is 2.28. The lowest BCUT2D eigenvalue weighted by atomic mass is 10.0. The molecule has 1 rings (SSSR count). The zero-order valence-electron chi connectivity index (χ0n) is 9.46. The first-order valence-electron chi connectivity index (χ1n) is 5.87. The first-order chi connectivity index (χ1) is 7.25. The van der Waals surface area contributed by atoms with E-state index in [0.29, 0.717) is 6.04 Å². The van der Waals surface area contributed by atoms with Crippen molar-refractivity contribution in [1.82, 2.24) is 10.6 Å². The van der Waals surface area contributed by atoms with Gasteiger partial charge in [-0.1, -0.05) is 0 Å². The Balaban J connectivity index is 2.08. The van der Waals surface area contributed by atoms with Gasteiger partial charge >= 0.3 is 0 Å². The Morgan fingerprint density at radius 1 is 1.47 bits per heavy atom. The summed E-state index contributed by atoms with van der Waals surface area (Å²) in [5.41, 5.74) is 0. The zero-order valence-corrected chi connectivity index (χ0v) is 9.46. The van der Waals surface area contributed by atoms with Crippen LogP contribution in [-0.2, 0) is 4.79 Å². The molecule has 88 valence electrons. The highest BCUT2D eigenvalue weighted by Crippen LogP contribution is 2.14. The van der Waals surface area contributed by atoms with E-state index in [-0.39, 0.29) is 18.4 Å². The number of hydrogen-bond acceptors (Lipinski definition) is 3. The molecule has 0 aliphatic carbocycles. The summed E-state index contributed by atoms with van der Waals surface area (Å²) >= 11 is 0. The molecular formula is C11H22N2O2. The maximum Gasteiger partial charge on any atom is 0.224 e. The fourth-order valence-electron chi connectivity index (χ4n) is 1.97. The van der Waals surface area contributed by atoms with Crippen LogP contribution in [0.25, 0.3) is 0 Å². The lowest BCUT2D eigenvalue weighted by Gasteiger charge is -2.14. The Labute approximate surface area is 91.4 Å². The van der Waals surface area contributed by atoms with Gasteiger partial charge < -0.3 is 15.7 Å². The summed E-state index contributed by atoms with van der Waals surface area (Å²) in [5.74, 6) is 0.319. The molecule has 0 spiro atoms.